The molecular weight excluding hydrogens is 435 g/mol. The van der Waals surface area contributed by atoms with Crippen LogP contribution < -0.4 is 15.0 Å². The molecule has 2 atom stereocenters. The Bertz CT molecular complexity index is 1110. The van der Waals surface area contributed by atoms with Crippen LogP contribution in [0.5, 0.6) is 11.8 Å². The minimum absolute atomic E-state index is 0.0265. The summed E-state index contributed by atoms with van der Waals surface area (Å²) in [6.45, 7) is 2.88. The quantitative estimate of drug-likeness (QED) is 0.576. The number of benzene rings is 1. The maximum atomic E-state index is 13.5. The number of piperidine rings is 1. The van der Waals surface area contributed by atoms with Crippen LogP contribution in [0, 0.1) is 30.4 Å². The van der Waals surface area contributed by atoms with Crippen molar-refractivity contribution >= 4 is 11.8 Å². The van der Waals surface area contributed by atoms with E-state index in [0.29, 0.717) is 17.8 Å². The second-order valence-electron chi connectivity index (χ2n) is 8.53. The lowest BCUT2D eigenvalue weighted by Gasteiger charge is -2.38. The van der Waals surface area contributed by atoms with E-state index in [4.69, 9.17) is 4.74 Å². The molecule has 0 radical (unpaired) electrons. The molecule has 1 N–H and O–H groups in total. The van der Waals surface area contributed by atoms with E-state index >= 15 is 0 Å². The molecule has 3 heterocycles. The van der Waals surface area contributed by atoms with Crippen LogP contribution >= 0.6 is 0 Å². The number of nitrogens with one attached hydrogen (secondary N) is 1. The molecule has 1 saturated heterocycles. The summed E-state index contributed by atoms with van der Waals surface area (Å²) in [7, 11) is 0. The average molecular weight is 459 g/mol. The molecule has 2 fully saturated rings. The van der Waals surface area contributed by atoms with E-state index in [1.165, 1.54) is 4.68 Å². The minimum Gasteiger partial charge on any atom is -0.424 e. The van der Waals surface area contributed by atoms with Crippen molar-refractivity contribution in [1.29, 1.82) is 0 Å². The number of aromatic nitrogens is 5. The van der Waals surface area contributed by atoms with Gasteiger partial charge in [0.2, 0.25) is 5.95 Å². The lowest BCUT2D eigenvalue weighted by atomic mass is 9.92. The van der Waals surface area contributed by atoms with E-state index in [1.54, 1.807) is 6.33 Å². The Morgan fingerprint density at radius 1 is 1.06 bits per heavy atom. The van der Waals surface area contributed by atoms with E-state index in [1.807, 2.05) is 13.0 Å². The molecule has 2 bridgehead atoms. The fourth-order valence-corrected chi connectivity index (χ4v) is 4.79. The van der Waals surface area contributed by atoms with Gasteiger partial charge in [-0.1, -0.05) is 0 Å². The summed E-state index contributed by atoms with van der Waals surface area (Å²) in [5.41, 5.74) is 0.931. The summed E-state index contributed by atoms with van der Waals surface area (Å²) in [5, 5.41) is 7.73. The van der Waals surface area contributed by atoms with Crippen molar-refractivity contribution in [3.63, 3.8) is 0 Å². The number of fused-ring (bicyclic) bond motifs is 2. The van der Waals surface area contributed by atoms with Gasteiger partial charge >= 0.3 is 6.01 Å². The zero-order valence-corrected chi connectivity index (χ0v) is 18.1. The molecule has 1 aromatic carbocycles. The number of hydrogen-bond acceptors (Lipinski definition) is 7. The second-order valence-corrected chi connectivity index (χ2v) is 8.53. The van der Waals surface area contributed by atoms with Crippen molar-refractivity contribution < 1.29 is 17.9 Å². The molecule has 1 aliphatic heterocycles. The highest BCUT2D eigenvalue weighted by Gasteiger charge is 2.43. The lowest BCUT2D eigenvalue weighted by Crippen LogP contribution is -2.48. The molecule has 3 aromatic rings. The summed E-state index contributed by atoms with van der Waals surface area (Å²) in [6, 6.07) is 4.94. The first-order valence-corrected chi connectivity index (χ1v) is 10.9. The summed E-state index contributed by atoms with van der Waals surface area (Å²) in [4.78, 5) is 15.2. The zero-order valence-electron chi connectivity index (χ0n) is 18.1. The first-order chi connectivity index (χ1) is 16.0. The molecule has 33 heavy (non-hydrogen) atoms. The highest BCUT2D eigenvalue weighted by Crippen LogP contribution is 2.39. The molecule has 8 nitrogen and oxygen atoms in total. The second kappa shape index (κ2) is 8.87. The van der Waals surface area contributed by atoms with Crippen LogP contribution in [0.25, 0.3) is 0 Å². The molecule has 5 rings (SSSR count). The summed E-state index contributed by atoms with van der Waals surface area (Å²) >= 11 is 0. The van der Waals surface area contributed by atoms with Crippen LogP contribution in [0.15, 0.2) is 30.6 Å². The zero-order chi connectivity index (χ0) is 22.9. The Morgan fingerprint density at radius 3 is 2.45 bits per heavy atom. The summed E-state index contributed by atoms with van der Waals surface area (Å²) < 4.78 is 46.9. The molecule has 1 saturated carbocycles. The third-order valence-electron chi connectivity index (χ3n) is 6.22. The molecule has 0 amide bonds. The molecule has 11 heteroatoms. The third-order valence-corrected chi connectivity index (χ3v) is 6.22. The van der Waals surface area contributed by atoms with Gasteiger partial charge < -0.3 is 15.0 Å². The van der Waals surface area contributed by atoms with Gasteiger partial charge in [0.15, 0.2) is 0 Å². The average Bonchev–Trinajstić information content (AvgIpc) is 3.22. The largest absolute Gasteiger partial charge is 0.424 e. The molecule has 2 aliphatic rings. The molecule has 2 unspecified atom stereocenters. The Morgan fingerprint density at radius 2 is 1.79 bits per heavy atom. The van der Waals surface area contributed by atoms with Crippen LogP contribution in [0.3, 0.4) is 0 Å². The van der Waals surface area contributed by atoms with Crippen LogP contribution in [-0.4, -0.2) is 50.5 Å². The van der Waals surface area contributed by atoms with Crippen molar-refractivity contribution in [3.8, 4) is 11.8 Å². The van der Waals surface area contributed by atoms with Gasteiger partial charge in [-0.2, -0.15) is 4.98 Å². The number of halogens is 3. The van der Waals surface area contributed by atoms with Crippen molar-refractivity contribution in [1.82, 2.24) is 24.7 Å². The van der Waals surface area contributed by atoms with Gasteiger partial charge in [0.25, 0.3) is 0 Å². The predicted octanol–water partition coefficient (Wildman–Crippen LogP) is 3.74. The smallest absolute Gasteiger partial charge is 0.322 e. The van der Waals surface area contributed by atoms with E-state index in [2.05, 4.69) is 30.3 Å². The van der Waals surface area contributed by atoms with Crippen molar-refractivity contribution in [2.24, 2.45) is 11.8 Å². The fraction of sp³-hybridized carbons (Fsp3) is 0.455. The van der Waals surface area contributed by atoms with E-state index in [0.717, 1.165) is 55.6 Å². The number of aryl methyl sites for hydroxylation is 2. The van der Waals surface area contributed by atoms with E-state index < -0.39 is 18.3 Å². The SMILES string of the molecule is Cc1cc(N2CC3CCC(C2)C3Nc2nc(Oc3cc(F)cc(F)c3)n(CCF)n2)ncn1. The fourth-order valence-electron chi connectivity index (χ4n) is 4.79. The number of nitrogens with zero attached hydrogens (tertiary/aromatic N) is 6. The Hall–Kier alpha value is -3.37. The first kappa shape index (κ1) is 21.5. The highest BCUT2D eigenvalue weighted by molar-refractivity contribution is 5.42. The monoisotopic (exact) mass is 459 g/mol. The van der Waals surface area contributed by atoms with Crippen LogP contribution in [0.4, 0.5) is 24.9 Å². The number of alkyl halides is 1. The number of ether oxygens (including phenoxy) is 1. The standard InChI is InChI=1S/C22H24F3N7O/c1-13-6-19(27-12-26-13)31-10-14-2-3-15(11-31)20(14)28-21-29-22(32(30-21)5-4-23)33-18-8-16(24)7-17(25)9-18/h6-9,12,14-15,20H,2-5,10-11H2,1H3,(H,28,30). The number of hydrogen-bond donors (Lipinski definition) is 1. The van der Waals surface area contributed by atoms with Crippen molar-refractivity contribution in [2.75, 3.05) is 30.0 Å². The van der Waals surface area contributed by atoms with Gasteiger partial charge in [0, 0.05) is 49.1 Å². The summed E-state index contributed by atoms with van der Waals surface area (Å²) in [6.07, 6.45) is 3.73. The molecule has 2 aromatic heterocycles. The van der Waals surface area contributed by atoms with Gasteiger partial charge in [-0.3, -0.25) is 0 Å². The van der Waals surface area contributed by atoms with E-state index in [-0.39, 0.29) is 24.3 Å². The van der Waals surface area contributed by atoms with E-state index in [9.17, 15) is 13.2 Å². The third kappa shape index (κ3) is 4.57. The Labute approximate surface area is 188 Å². The first-order valence-electron chi connectivity index (χ1n) is 10.9. The minimum atomic E-state index is -0.776. The Kier molecular flexibility index (Phi) is 5.77. The van der Waals surface area contributed by atoms with Gasteiger partial charge in [0.1, 0.15) is 36.2 Å². The lowest BCUT2D eigenvalue weighted by molar-refractivity contribution is 0.360. The van der Waals surface area contributed by atoms with Gasteiger partial charge in [-0.25, -0.2) is 27.8 Å². The van der Waals surface area contributed by atoms with Crippen LogP contribution in [0.2, 0.25) is 0 Å². The Balaban J connectivity index is 1.32. The maximum absolute atomic E-state index is 13.5. The topological polar surface area (TPSA) is 81.0 Å². The van der Waals surface area contributed by atoms with Gasteiger partial charge in [0.05, 0.1) is 6.54 Å². The molecule has 174 valence electrons. The van der Waals surface area contributed by atoms with Gasteiger partial charge in [-0.15, -0.1) is 5.10 Å². The van der Waals surface area contributed by atoms with Crippen molar-refractivity contribution in [3.05, 3.63) is 47.9 Å². The van der Waals surface area contributed by atoms with Crippen molar-refractivity contribution in [2.45, 2.75) is 32.4 Å². The highest BCUT2D eigenvalue weighted by atomic mass is 19.1. The number of anilines is 2. The molecule has 0 spiro atoms. The summed E-state index contributed by atoms with van der Waals surface area (Å²) in [5.74, 6) is 0.358. The molecule has 1 aliphatic carbocycles. The molecular formula is C22H24F3N7O. The number of rotatable bonds is 7. The maximum Gasteiger partial charge on any atom is 0.322 e. The van der Waals surface area contributed by atoms with Crippen LogP contribution in [-0.2, 0) is 6.54 Å². The predicted molar refractivity (Wildman–Crippen MR) is 115 cm³/mol. The normalized spacial score (nSPS) is 21.9. The van der Waals surface area contributed by atoms with Gasteiger partial charge in [-0.05, 0) is 31.6 Å². The van der Waals surface area contributed by atoms with Crippen LogP contribution in [0.1, 0.15) is 18.5 Å².